The van der Waals surface area contributed by atoms with Crippen molar-refractivity contribution < 1.29 is 9.13 Å². The van der Waals surface area contributed by atoms with Crippen LogP contribution in [0.1, 0.15) is 45.6 Å². The number of ether oxygens (including phenoxy) is 1. The first kappa shape index (κ1) is 14.1. The van der Waals surface area contributed by atoms with Crippen LogP contribution in [0.25, 0.3) is 0 Å². The van der Waals surface area contributed by atoms with Crippen LogP contribution in [0, 0.1) is 22.6 Å². The minimum Gasteiger partial charge on any atom is -0.474 e. The molecule has 0 aromatic carbocycles. The van der Waals surface area contributed by atoms with E-state index in [9.17, 15) is 4.39 Å². The van der Waals surface area contributed by atoms with Crippen LogP contribution >= 0.6 is 11.6 Å². The van der Waals surface area contributed by atoms with E-state index in [1.54, 1.807) is 0 Å². The van der Waals surface area contributed by atoms with Crippen molar-refractivity contribution in [1.29, 1.82) is 0 Å². The van der Waals surface area contributed by atoms with Gasteiger partial charge in [0.15, 0.2) is 0 Å². The molecule has 1 aromatic rings. The Hall–Kier alpha value is -0.830. The first-order valence-corrected chi connectivity index (χ1v) is 7.79. The number of hydrogen-bond donors (Lipinski definition) is 0. The van der Waals surface area contributed by atoms with Crippen molar-refractivity contribution >= 4 is 11.6 Å². The Morgan fingerprint density at radius 1 is 1.45 bits per heavy atom. The maximum absolute atomic E-state index is 13.2. The summed E-state index contributed by atoms with van der Waals surface area (Å²) in [6.07, 6.45) is 4.88. The lowest BCUT2D eigenvalue weighted by atomic mass is 9.70. The molecule has 20 heavy (non-hydrogen) atoms. The van der Waals surface area contributed by atoms with Crippen molar-refractivity contribution in [3.8, 4) is 5.88 Å². The van der Waals surface area contributed by atoms with Crippen LogP contribution in [0.2, 0.25) is 0 Å². The van der Waals surface area contributed by atoms with Crippen molar-refractivity contribution in [1.82, 2.24) is 4.98 Å². The summed E-state index contributed by atoms with van der Waals surface area (Å²) in [5.74, 6) is 1.05. The monoisotopic (exact) mass is 297 g/mol. The van der Waals surface area contributed by atoms with E-state index in [0.717, 1.165) is 6.42 Å². The average Bonchev–Trinajstić information content (AvgIpc) is 2.74. The molecule has 3 unspecified atom stereocenters. The molecule has 2 aliphatic carbocycles. The molecule has 4 heteroatoms. The van der Waals surface area contributed by atoms with Gasteiger partial charge in [-0.3, -0.25) is 0 Å². The summed E-state index contributed by atoms with van der Waals surface area (Å²) in [6.45, 7) is 7.00. The molecule has 1 aromatic heterocycles. The molecule has 0 saturated heterocycles. The van der Waals surface area contributed by atoms with Crippen LogP contribution in [0.15, 0.2) is 12.3 Å². The van der Waals surface area contributed by atoms with Gasteiger partial charge in [0.2, 0.25) is 5.88 Å². The van der Waals surface area contributed by atoms with Crippen LogP contribution in [0.3, 0.4) is 0 Å². The smallest absolute Gasteiger partial charge is 0.218 e. The van der Waals surface area contributed by atoms with Gasteiger partial charge in [0.25, 0.3) is 0 Å². The van der Waals surface area contributed by atoms with Gasteiger partial charge in [-0.05, 0) is 36.7 Å². The SMILES string of the molecule is CC1(C)C2CCC1(C)C(Oc1ncc(F)cc1CCl)C2. The topological polar surface area (TPSA) is 22.1 Å². The van der Waals surface area contributed by atoms with Crippen molar-refractivity contribution in [2.24, 2.45) is 16.7 Å². The molecular weight excluding hydrogens is 277 g/mol. The van der Waals surface area contributed by atoms with Gasteiger partial charge < -0.3 is 4.74 Å². The number of rotatable bonds is 3. The summed E-state index contributed by atoms with van der Waals surface area (Å²) in [5.41, 5.74) is 1.09. The van der Waals surface area contributed by atoms with Gasteiger partial charge in [-0.2, -0.15) is 0 Å². The molecule has 2 bridgehead atoms. The third kappa shape index (κ3) is 1.86. The molecule has 0 amide bonds. The molecular formula is C16H21ClFNO. The minimum absolute atomic E-state index is 0.149. The highest BCUT2D eigenvalue weighted by molar-refractivity contribution is 6.17. The summed E-state index contributed by atoms with van der Waals surface area (Å²) in [6, 6.07) is 1.41. The first-order valence-electron chi connectivity index (χ1n) is 7.25. The summed E-state index contributed by atoms with van der Waals surface area (Å²) in [4.78, 5) is 4.09. The van der Waals surface area contributed by atoms with E-state index < -0.39 is 0 Å². The molecule has 0 aliphatic heterocycles. The zero-order valence-electron chi connectivity index (χ0n) is 12.2. The standard InChI is InChI=1S/C16H21ClFNO/c1-15(2)11-4-5-16(15,3)13(7-11)20-14-10(8-17)6-12(18)9-19-14/h6,9,11,13H,4-5,7-8H2,1-3H3. The Labute approximate surface area is 124 Å². The molecule has 3 rings (SSSR count). The Bertz CT molecular complexity index is 533. The highest BCUT2D eigenvalue weighted by Gasteiger charge is 2.62. The molecule has 3 atom stereocenters. The summed E-state index contributed by atoms with van der Waals surface area (Å²) < 4.78 is 19.4. The van der Waals surface area contributed by atoms with E-state index in [0.29, 0.717) is 22.8 Å². The number of alkyl halides is 1. The van der Waals surface area contributed by atoms with E-state index in [1.165, 1.54) is 25.1 Å². The van der Waals surface area contributed by atoms with E-state index in [-0.39, 0.29) is 23.2 Å². The number of nitrogens with zero attached hydrogens (tertiary/aromatic N) is 1. The number of hydrogen-bond acceptors (Lipinski definition) is 2. The van der Waals surface area contributed by atoms with Crippen LogP contribution < -0.4 is 4.74 Å². The summed E-state index contributed by atoms with van der Waals surface area (Å²) in [7, 11) is 0. The Morgan fingerprint density at radius 3 is 2.75 bits per heavy atom. The fourth-order valence-corrected chi connectivity index (χ4v) is 4.31. The molecule has 2 aliphatic rings. The number of aromatic nitrogens is 1. The third-order valence-corrected chi connectivity index (χ3v) is 6.29. The van der Waals surface area contributed by atoms with Crippen LogP contribution in [-0.4, -0.2) is 11.1 Å². The number of halogens is 2. The average molecular weight is 298 g/mol. The molecule has 1 heterocycles. The fraction of sp³-hybridized carbons (Fsp3) is 0.688. The van der Waals surface area contributed by atoms with Gasteiger partial charge in [-0.1, -0.05) is 20.8 Å². The zero-order valence-corrected chi connectivity index (χ0v) is 13.0. The van der Waals surface area contributed by atoms with Gasteiger partial charge in [0.1, 0.15) is 11.9 Å². The molecule has 2 saturated carbocycles. The first-order chi connectivity index (χ1) is 9.38. The highest BCUT2D eigenvalue weighted by Crippen LogP contribution is 2.66. The van der Waals surface area contributed by atoms with E-state index in [4.69, 9.17) is 16.3 Å². The third-order valence-electron chi connectivity index (χ3n) is 6.00. The predicted octanol–water partition coefficient (Wildman–Crippen LogP) is 4.55. The van der Waals surface area contributed by atoms with Gasteiger partial charge in [0.05, 0.1) is 12.1 Å². The Morgan fingerprint density at radius 2 is 2.20 bits per heavy atom. The van der Waals surface area contributed by atoms with Crippen molar-refractivity contribution in [3.05, 3.63) is 23.6 Å². The Balaban J connectivity index is 1.87. The Kier molecular flexibility index (Phi) is 3.24. The van der Waals surface area contributed by atoms with E-state index in [2.05, 4.69) is 25.8 Å². The maximum Gasteiger partial charge on any atom is 0.218 e. The van der Waals surface area contributed by atoms with E-state index >= 15 is 0 Å². The lowest BCUT2D eigenvalue weighted by molar-refractivity contribution is 0.0267. The lowest BCUT2D eigenvalue weighted by Gasteiger charge is -2.38. The second-order valence-electron chi connectivity index (χ2n) is 6.97. The number of fused-ring (bicyclic) bond motifs is 2. The zero-order chi connectivity index (χ0) is 14.5. The quantitative estimate of drug-likeness (QED) is 0.763. The largest absolute Gasteiger partial charge is 0.474 e. The second-order valence-corrected chi connectivity index (χ2v) is 7.24. The highest BCUT2D eigenvalue weighted by atomic mass is 35.5. The van der Waals surface area contributed by atoms with Crippen molar-refractivity contribution in [2.75, 3.05) is 0 Å². The molecule has 0 spiro atoms. The van der Waals surface area contributed by atoms with Crippen molar-refractivity contribution in [2.45, 2.75) is 52.0 Å². The van der Waals surface area contributed by atoms with Gasteiger partial charge >= 0.3 is 0 Å². The van der Waals surface area contributed by atoms with Gasteiger partial charge in [-0.25, -0.2) is 9.37 Å². The molecule has 0 radical (unpaired) electrons. The summed E-state index contributed by atoms with van der Waals surface area (Å²) in [5, 5.41) is 0. The van der Waals surface area contributed by atoms with Gasteiger partial charge in [-0.15, -0.1) is 11.6 Å². The minimum atomic E-state index is -0.368. The van der Waals surface area contributed by atoms with Gasteiger partial charge in [0, 0.05) is 11.0 Å². The lowest BCUT2D eigenvalue weighted by Crippen LogP contribution is -2.39. The fourth-order valence-electron chi connectivity index (χ4n) is 4.11. The van der Waals surface area contributed by atoms with Crippen molar-refractivity contribution in [3.63, 3.8) is 0 Å². The molecule has 110 valence electrons. The maximum atomic E-state index is 13.2. The second kappa shape index (κ2) is 4.59. The van der Waals surface area contributed by atoms with Crippen LogP contribution in [0.5, 0.6) is 5.88 Å². The van der Waals surface area contributed by atoms with E-state index in [1.807, 2.05) is 0 Å². The predicted molar refractivity (Wildman–Crippen MR) is 77.4 cm³/mol. The molecule has 2 nitrogen and oxygen atoms in total. The normalized spacial score (nSPS) is 34.5. The summed E-state index contributed by atoms with van der Waals surface area (Å²) >= 11 is 5.87. The molecule has 0 N–H and O–H groups in total. The number of pyridine rings is 1. The van der Waals surface area contributed by atoms with Crippen LogP contribution in [-0.2, 0) is 5.88 Å². The van der Waals surface area contributed by atoms with Crippen LogP contribution in [0.4, 0.5) is 4.39 Å². The molecule has 2 fully saturated rings.